The Morgan fingerprint density at radius 3 is 1.95 bits per heavy atom. The highest BCUT2D eigenvalue weighted by atomic mass is 16.5. The van der Waals surface area contributed by atoms with Crippen molar-refractivity contribution in [2.24, 2.45) is 11.3 Å². The van der Waals surface area contributed by atoms with Crippen molar-refractivity contribution in [1.82, 2.24) is 0 Å². The molecule has 0 amide bonds. The van der Waals surface area contributed by atoms with Gasteiger partial charge in [-0.25, -0.2) is 0 Å². The summed E-state index contributed by atoms with van der Waals surface area (Å²) in [4.78, 5) is 11.4. The number of carbonyl (C=O) groups excluding carboxylic acids is 1. The Labute approximate surface area is 126 Å². The third-order valence-electron chi connectivity index (χ3n) is 3.75. The second-order valence-electron chi connectivity index (χ2n) is 7.23. The van der Waals surface area contributed by atoms with Gasteiger partial charge < -0.3 is 4.74 Å². The van der Waals surface area contributed by atoms with Crippen LogP contribution in [0.25, 0.3) is 0 Å². The number of carbonyl (C=O) groups is 1. The van der Waals surface area contributed by atoms with Crippen molar-refractivity contribution in [3.05, 3.63) is 0 Å². The maximum absolute atomic E-state index is 11.4. The zero-order valence-electron chi connectivity index (χ0n) is 14.5. The molecule has 20 heavy (non-hydrogen) atoms. The van der Waals surface area contributed by atoms with Gasteiger partial charge in [-0.05, 0) is 25.2 Å². The molecular weight excluding hydrogens is 248 g/mol. The number of unbranched alkanes of at least 4 members (excludes halogenated alkanes) is 6. The van der Waals surface area contributed by atoms with E-state index in [-0.39, 0.29) is 11.9 Å². The number of hydrogen-bond donors (Lipinski definition) is 0. The first-order chi connectivity index (χ1) is 9.37. The third-order valence-corrected chi connectivity index (χ3v) is 3.75. The minimum absolute atomic E-state index is 0.0327. The second kappa shape index (κ2) is 11.2. The van der Waals surface area contributed by atoms with Gasteiger partial charge in [-0.15, -0.1) is 0 Å². The fraction of sp³-hybridized carbons (Fsp3) is 0.944. The Kier molecular flexibility index (Phi) is 10.9. The van der Waals surface area contributed by atoms with Crippen LogP contribution in [0.15, 0.2) is 0 Å². The van der Waals surface area contributed by atoms with Crippen molar-refractivity contribution < 1.29 is 9.53 Å². The SMILES string of the molecule is CCOC(=O)C(C)CCCCCCCCCC(C)(C)C. The Morgan fingerprint density at radius 1 is 0.950 bits per heavy atom. The van der Waals surface area contributed by atoms with Crippen molar-refractivity contribution in [3.8, 4) is 0 Å². The van der Waals surface area contributed by atoms with Gasteiger partial charge in [0.25, 0.3) is 0 Å². The lowest BCUT2D eigenvalue weighted by molar-refractivity contribution is -0.147. The van der Waals surface area contributed by atoms with Gasteiger partial charge in [0.2, 0.25) is 0 Å². The second-order valence-corrected chi connectivity index (χ2v) is 7.23. The lowest BCUT2D eigenvalue weighted by Crippen LogP contribution is -2.14. The van der Waals surface area contributed by atoms with Crippen LogP contribution in [0.4, 0.5) is 0 Å². The average molecular weight is 284 g/mol. The molecule has 120 valence electrons. The average Bonchev–Trinajstić information content (AvgIpc) is 2.35. The topological polar surface area (TPSA) is 26.3 Å². The standard InChI is InChI=1S/C18H36O2/c1-6-20-17(19)16(2)14-12-10-8-7-9-11-13-15-18(3,4)5/h16H,6-15H2,1-5H3. The molecule has 0 spiro atoms. The summed E-state index contributed by atoms with van der Waals surface area (Å²) in [6.07, 6.45) is 11.5. The van der Waals surface area contributed by atoms with E-state index in [0.29, 0.717) is 12.0 Å². The molecule has 0 radical (unpaired) electrons. The molecule has 0 heterocycles. The number of hydrogen-bond acceptors (Lipinski definition) is 2. The van der Waals surface area contributed by atoms with Crippen molar-refractivity contribution in [3.63, 3.8) is 0 Å². The monoisotopic (exact) mass is 284 g/mol. The number of rotatable bonds is 11. The first kappa shape index (κ1) is 19.5. The van der Waals surface area contributed by atoms with E-state index in [2.05, 4.69) is 20.8 Å². The van der Waals surface area contributed by atoms with E-state index < -0.39 is 0 Å². The highest BCUT2D eigenvalue weighted by molar-refractivity contribution is 5.71. The number of ether oxygens (including phenoxy) is 1. The van der Waals surface area contributed by atoms with Gasteiger partial charge in [0.1, 0.15) is 0 Å². The molecule has 0 aliphatic rings. The van der Waals surface area contributed by atoms with Gasteiger partial charge >= 0.3 is 5.97 Å². The lowest BCUT2D eigenvalue weighted by atomic mass is 9.89. The Bertz CT molecular complexity index is 240. The minimum atomic E-state index is -0.0327. The summed E-state index contributed by atoms with van der Waals surface area (Å²) >= 11 is 0. The van der Waals surface area contributed by atoms with Crippen LogP contribution in [-0.4, -0.2) is 12.6 Å². The van der Waals surface area contributed by atoms with Crippen LogP contribution in [0.2, 0.25) is 0 Å². The lowest BCUT2D eigenvalue weighted by Gasteiger charge is -2.17. The van der Waals surface area contributed by atoms with Crippen LogP contribution < -0.4 is 0 Å². The normalized spacial score (nSPS) is 13.2. The highest BCUT2D eigenvalue weighted by Gasteiger charge is 2.12. The van der Waals surface area contributed by atoms with Gasteiger partial charge in [-0.2, -0.15) is 0 Å². The van der Waals surface area contributed by atoms with Gasteiger partial charge in [0.05, 0.1) is 12.5 Å². The fourth-order valence-corrected chi connectivity index (χ4v) is 2.39. The van der Waals surface area contributed by atoms with Crippen LogP contribution in [0.3, 0.4) is 0 Å². The largest absolute Gasteiger partial charge is 0.466 e. The molecule has 1 unspecified atom stereocenters. The Balaban J connectivity index is 3.30. The molecule has 0 aromatic rings. The molecule has 0 aromatic carbocycles. The molecule has 0 rings (SSSR count). The molecule has 0 saturated heterocycles. The van der Waals surface area contributed by atoms with E-state index in [1.54, 1.807) is 0 Å². The molecular formula is C18H36O2. The predicted molar refractivity (Wildman–Crippen MR) is 86.8 cm³/mol. The molecule has 0 aromatic heterocycles. The summed E-state index contributed by atoms with van der Waals surface area (Å²) in [5.74, 6) is 0.0383. The van der Waals surface area contributed by atoms with Gasteiger partial charge in [0, 0.05) is 0 Å². The maximum atomic E-state index is 11.4. The molecule has 0 bridgehead atoms. The fourth-order valence-electron chi connectivity index (χ4n) is 2.39. The minimum Gasteiger partial charge on any atom is -0.466 e. The van der Waals surface area contributed by atoms with Crippen LogP contribution in [-0.2, 0) is 9.53 Å². The predicted octanol–water partition coefficient (Wildman–Crippen LogP) is 5.74. The summed E-state index contributed by atoms with van der Waals surface area (Å²) in [6.45, 7) is 11.3. The number of esters is 1. The smallest absolute Gasteiger partial charge is 0.308 e. The first-order valence-corrected chi connectivity index (χ1v) is 8.53. The van der Waals surface area contributed by atoms with Gasteiger partial charge in [-0.1, -0.05) is 72.6 Å². The van der Waals surface area contributed by atoms with Gasteiger partial charge in [0.15, 0.2) is 0 Å². The Morgan fingerprint density at radius 2 is 1.45 bits per heavy atom. The van der Waals surface area contributed by atoms with Gasteiger partial charge in [-0.3, -0.25) is 4.79 Å². The molecule has 0 aliphatic carbocycles. The van der Waals surface area contributed by atoms with E-state index in [1.165, 1.54) is 44.9 Å². The van der Waals surface area contributed by atoms with E-state index in [9.17, 15) is 4.79 Å². The Hall–Kier alpha value is -0.530. The molecule has 0 aliphatic heterocycles. The molecule has 1 atom stereocenters. The zero-order valence-corrected chi connectivity index (χ0v) is 14.5. The van der Waals surface area contributed by atoms with Crippen molar-refractivity contribution >= 4 is 5.97 Å². The van der Waals surface area contributed by atoms with Crippen LogP contribution in [0, 0.1) is 11.3 Å². The van der Waals surface area contributed by atoms with Crippen molar-refractivity contribution in [2.75, 3.05) is 6.61 Å². The first-order valence-electron chi connectivity index (χ1n) is 8.53. The van der Waals surface area contributed by atoms with E-state index in [0.717, 1.165) is 12.8 Å². The molecule has 0 N–H and O–H groups in total. The van der Waals surface area contributed by atoms with E-state index >= 15 is 0 Å². The molecule has 2 nitrogen and oxygen atoms in total. The summed E-state index contributed by atoms with van der Waals surface area (Å²) in [5, 5.41) is 0. The summed E-state index contributed by atoms with van der Waals surface area (Å²) in [5.41, 5.74) is 0.489. The van der Waals surface area contributed by atoms with E-state index in [1.807, 2.05) is 13.8 Å². The summed E-state index contributed by atoms with van der Waals surface area (Å²) < 4.78 is 5.01. The molecule has 0 fully saturated rings. The van der Waals surface area contributed by atoms with Crippen molar-refractivity contribution in [1.29, 1.82) is 0 Å². The molecule has 0 saturated carbocycles. The maximum Gasteiger partial charge on any atom is 0.308 e. The highest BCUT2D eigenvalue weighted by Crippen LogP contribution is 2.22. The summed E-state index contributed by atoms with van der Waals surface area (Å²) in [7, 11) is 0. The van der Waals surface area contributed by atoms with Crippen molar-refractivity contribution in [2.45, 2.75) is 92.4 Å². The third kappa shape index (κ3) is 12.5. The van der Waals surface area contributed by atoms with Crippen LogP contribution in [0.5, 0.6) is 0 Å². The van der Waals surface area contributed by atoms with Crippen LogP contribution in [0.1, 0.15) is 92.4 Å². The van der Waals surface area contributed by atoms with Crippen LogP contribution >= 0.6 is 0 Å². The van der Waals surface area contributed by atoms with E-state index in [4.69, 9.17) is 4.74 Å². The molecule has 2 heteroatoms. The summed E-state index contributed by atoms with van der Waals surface area (Å²) in [6, 6.07) is 0. The quantitative estimate of drug-likeness (QED) is 0.357. The zero-order chi connectivity index (χ0) is 15.4.